The Balaban J connectivity index is 1.76. The molecule has 0 bridgehead atoms. The van der Waals surface area contributed by atoms with E-state index in [1.54, 1.807) is 12.1 Å². The lowest BCUT2D eigenvalue weighted by atomic mass is 9.91. The fourth-order valence-electron chi connectivity index (χ4n) is 3.32. The van der Waals surface area contributed by atoms with Crippen molar-refractivity contribution in [2.75, 3.05) is 7.05 Å². The summed E-state index contributed by atoms with van der Waals surface area (Å²) < 4.78 is 14.4. The summed E-state index contributed by atoms with van der Waals surface area (Å²) in [6, 6.07) is 13.9. The highest BCUT2D eigenvalue weighted by molar-refractivity contribution is 9.10. The Hall–Kier alpha value is -1.19. The van der Waals surface area contributed by atoms with E-state index in [1.807, 2.05) is 7.05 Å². The van der Waals surface area contributed by atoms with Gasteiger partial charge in [0.05, 0.1) is 0 Å². The first-order chi connectivity index (χ1) is 10.2. The van der Waals surface area contributed by atoms with Crippen LogP contribution in [0.1, 0.15) is 16.7 Å². The van der Waals surface area contributed by atoms with Gasteiger partial charge < -0.3 is 5.32 Å². The summed E-state index contributed by atoms with van der Waals surface area (Å²) in [6.07, 6.45) is 3.05. The lowest BCUT2D eigenvalue weighted by Crippen LogP contribution is -2.36. The van der Waals surface area contributed by atoms with E-state index in [1.165, 1.54) is 17.2 Å². The quantitative estimate of drug-likeness (QED) is 0.876. The van der Waals surface area contributed by atoms with Crippen molar-refractivity contribution < 1.29 is 4.39 Å². The molecule has 2 aromatic rings. The van der Waals surface area contributed by atoms with Gasteiger partial charge in [-0.1, -0.05) is 40.2 Å². The Morgan fingerprint density at radius 3 is 2.48 bits per heavy atom. The molecule has 1 nitrogen and oxygen atoms in total. The van der Waals surface area contributed by atoms with Crippen LogP contribution in [-0.2, 0) is 19.3 Å². The van der Waals surface area contributed by atoms with Crippen molar-refractivity contribution in [2.24, 2.45) is 5.92 Å². The molecule has 0 spiro atoms. The van der Waals surface area contributed by atoms with Crippen LogP contribution in [0.3, 0.4) is 0 Å². The Kier molecular flexibility index (Phi) is 4.41. The summed E-state index contributed by atoms with van der Waals surface area (Å²) in [5.74, 6) is 0.403. The van der Waals surface area contributed by atoms with Crippen LogP contribution in [0.25, 0.3) is 0 Å². The van der Waals surface area contributed by atoms with E-state index in [4.69, 9.17) is 0 Å². The number of rotatable bonds is 4. The van der Waals surface area contributed by atoms with Crippen LogP contribution in [0.4, 0.5) is 4.39 Å². The fraction of sp³-hybridized carbons (Fsp3) is 0.333. The van der Waals surface area contributed by atoms with Gasteiger partial charge in [-0.05, 0) is 67.1 Å². The highest BCUT2D eigenvalue weighted by atomic mass is 79.9. The van der Waals surface area contributed by atoms with Gasteiger partial charge in [-0.25, -0.2) is 4.39 Å². The normalized spacial score (nSPS) is 16.0. The standard InChI is InChI=1S/C18H19BrFN/c1-21-18(11-14-10-16(20)6-7-17(14)19)15-8-12-4-2-3-5-13(12)9-15/h2-7,10,15,18,21H,8-9,11H2,1H3. The summed E-state index contributed by atoms with van der Waals surface area (Å²) in [5, 5.41) is 3.43. The molecule has 1 aliphatic carbocycles. The van der Waals surface area contributed by atoms with Gasteiger partial charge in [0.2, 0.25) is 0 Å². The number of fused-ring (bicyclic) bond motifs is 1. The Morgan fingerprint density at radius 2 is 1.86 bits per heavy atom. The zero-order chi connectivity index (χ0) is 14.8. The van der Waals surface area contributed by atoms with Gasteiger partial charge in [0.25, 0.3) is 0 Å². The lowest BCUT2D eigenvalue weighted by Gasteiger charge is -2.23. The highest BCUT2D eigenvalue weighted by Gasteiger charge is 2.28. The van der Waals surface area contributed by atoms with E-state index in [0.717, 1.165) is 29.3 Å². The van der Waals surface area contributed by atoms with Crippen LogP contribution < -0.4 is 5.32 Å². The second kappa shape index (κ2) is 6.29. The first-order valence-corrected chi connectivity index (χ1v) is 8.14. The van der Waals surface area contributed by atoms with Crippen LogP contribution in [0, 0.1) is 11.7 Å². The van der Waals surface area contributed by atoms with Crippen molar-refractivity contribution in [2.45, 2.75) is 25.3 Å². The molecule has 2 aromatic carbocycles. The van der Waals surface area contributed by atoms with Gasteiger partial charge in [-0.3, -0.25) is 0 Å². The number of benzene rings is 2. The first-order valence-electron chi connectivity index (χ1n) is 7.35. The molecule has 1 unspecified atom stereocenters. The second-order valence-corrected chi connectivity index (χ2v) is 6.63. The minimum atomic E-state index is -0.169. The predicted octanol–water partition coefficient (Wildman–Crippen LogP) is 4.13. The lowest BCUT2D eigenvalue weighted by molar-refractivity contribution is 0.382. The van der Waals surface area contributed by atoms with Crippen LogP contribution in [0.15, 0.2) is 46.9 Å². The first kappa shape index (κ1) is 14.7. The average Bonchev–Trinajstić information content (AvgIpc) is 2.91. The van der Waals surface area contributed by atoms with Gasteiger partial charge in [0.15, 0.2) is 0 Å². The number of hydrogen-bond acceptors (Lipinski definition) is 1. The number of nitrogens with one attached hydrogen (secondary N) is 1. The predicted molar refractivity (Wildman–Crippen MR) is 88.0 cm³/mol. The van der Waals surface area contributed by atoms with Crippen molar-refractivity contribution >= 4 is 15.9 Å². The zero-order valence-electron chi connectivity index (χ0n) is 12.1. The second-order valence-electron chi connectivity index (χ2n) is 5.77. The summed E-state index contributed by atoms with van der Waals surface area (Å²) in [5.41, 5.74) is 3.95. The Morgan fingerprint density at radius 1 is 1.19 bits per heavy atom. The molecule has 0 aliphatic heterocycles. The summed E-state index contributed by atoms with van der Waals surface area (Å²) in [7, 11) is 2.00. The molecular weight excluding hydrogens is 329 g/mol. The molecule has 0 saturated heterocycles. The van der Waals surface area contributed by atoms with Gasteiger partial charge in [-0.15, -0.1) is 0 Å². The molecule has 0 saturated carbocycles. The smallest absolute Gasteiger partial charge is 0.123 e. The maximum Gasteiger partial charge on any atom is 0.123 e. The number of likely N-dealkylation sites (N-methyl/N-ethyl adjacent to an activating group) is 1. The molecular formula is C18H19BrFN. The third kappa shape index (κ3) is 3.19. The summed E-state index contributed by atoms with van der Waals surface area (Å²) >= 11 is 3.53. The minimum absolute atomic E-state index is 0.169. The molecule has 3 heteroatoms. The van der Waals surface area contributed by atoms with E-state index in [0.29, 0.717) is 12.0 Å². The summed E-state index contributed by atoms with van der Waals surface area (Å²) in [6.45, 7) is 0. The molecule has 1 atom stereocenters. The molecule has 3 rings (SSSR count). The van der Waals surface area contributed by atoms with Crippen LogP contribution in [-0.4, -0.2) is 13.1 Å². The van der Waals surface area contributed by atoms with E-state index in [2.05, 4.69) is 45.5 Å². The number of halogens is 2. The largest absolute Gasteiger partial charge is 0.316 e. The molecule has 0 heterocycles. The van der Waals surface area contributed by atoms with E-state index < -0.39 is 0 Å². The molecule has 0 amide bonds. The summed E-state index contributed by atoms with van der Waals surface area (Å²) in [4.78, 5) is 0. The Labute approximate surface area is 133 Å². The van der Waals surface area contributed by atoms with E-state index in [-0.39, 0.29) is 5.82 Å². The average molecular weight is 348 g/mol. The SMILES string of the molecule is CNC(Cc1cc(F)ccc1Br)C1Cc2ccccc2C1. The fourth-order valence-corrected chi connectivity index (χ4v) is 3.73. The molecule has 1 aliphatic rings. The van der Waals surface area contributed by atoms with Gasteiger partial charge in [0, 0.05) is 10.5 Å². The molecule has 110 valence electrons. The van der Waals surface area contributed by atoms with Crippen molar-refractivity contribution in [1.82, 2.24) is 5.32 Å². The molecule has 0 aromatic heterocycles. The van der Waals surface area contributed by atoms with Crippen LogP contribution in [0.5, 0.6) is 0 Å². The monoisotopic (exact) mass is 347 g/mol. The molecule has 21 heavy (non-hydrogen) atoms. The van der Waals surface area contributed by atoms with Crippen molar-refractivity contribution in [1.29, 1.82) is 0 Å². The molecule has 0 radical (unpaired) electrons. The maximum atomic E-state index is 13.5. The van der Waals surface area contributed by atoms with Crippen molar-refractivity contribution in [3.63, 3.8) is 0 Å². The van der Waals surface area contributed by atoms with Gasteiger partial charge in [0.1, 0.15) is 5.82 Å². The van der Waals surface area contributed by atoms with Gasteiger partial charge in [-0.2, -0.15) is 0 Å². The zero-order valence-corrected chi connectivity index (χ0v) is 13.7. The van der Waals surface area contributed by atoms with Crippen LogP contribution >= 0.6 is 15.9 Å². The van der Waals surface area contributed by atoms with E-state index in [9.17, 15) is 4.39 Å². The maximum absolute atomic E-state index is 13.5. The third-order valence-electron chi connectivity index (χ3n) is 4.47. The molecule has 1 N–H and O–H groups in total. The Bertz CT molecular complexity index is 616. The van der Waals surface area contributed by atoms with Crippen molar-refractivity contribution in [3.05, 3.63) is 69.4 Å². The van der Waals surface area contributed by atoms with Crippen LogP contribution in [0.2, 0.25) is 0 Å². The van der Waals surface area contributed by atoms with Crippen molar-refractivity contribution in [3.8, 4) is 0 Å². The third-order valence-corrected chi connectivity index (χ3v) is 5.24. The molecule has 0 fully saturated rings. The number of hydrogen-bond donors (Lipinski definition) is 1. The highest BCUT2D eigenvalue weighted by Crippen LogP contribution is 2.31. The topological polar surface area (TPSA) is 12.0 Å². The van der Waals surface area contributed by atoms with Gasteiger partial charge >= 0.3 is 0 Å². The van der Waals surface area contributed by atoms with E-state index >= 15 is 0 Å². The minimum Gasteiger partial charge on any atom is -0.316 e.